The van der Waals surface area contributed by atoms with E-state index < -0.39 is 0 Å². The van der Waals surface area contributed by atoms with Gasteiger partial charge < -0.3 is 10.1 Å². The molecular formula is C19H20N4O2S2. The zero-order chi connectivity index (χ0) is 18.9. The summed E-state index contributed by atoms with van der Waals surface area (Å²) in [5.74, 6) is 2.45. The minimum Gasteiger partial charge on any atom is -0.494 e. The molecule has 0 aliphatic carbocycles. The molecule has 0 aliphatic heterocycles. The summed E-state index contributed by atoms with van der Waals surface area (Å²) in [7, 11) is 0. The first-order valence-electron chi connectivity index (χ1n) is 8.48. The molecule has 6 nitrogen and oxygen atoms in total. The van der Waals surface area contributed by atoms with Gasteiger partial charge in [0.25, 0.3) is 0 Å². The summed E-state index contributed by atoms with van der Waals surface area (Å²) < 4.78 is 5.38. The number of anilines is 2. The molecule has 0 fully saturated rings. The van der Waals surface area contributed by atoms with Crippen LogP contribution in [0.25, 0.3) is 0 Å². The fourth-order valence-corrected chi connectivity index (χ4v) is 4.03. The van der Waals surface area contributed by atoms with Crippen LogP contribution in [0, 0.1) is 0 Å². The molecule has 0 unspecified atom stereocenters. The number of aromatic nitrogens is 2. The standard InChI is InChI=1S/C19H20N4O2S2/c1-2-25-16-10-8-15(9-11-16)20-18(24)21-19-23-22-17(27-19)13-26-12-14-6-4-3-5-7-14/h3-11H,2,12-13H2,1H3,(H2,20,21,23,24). The molecule has 2 aromatic carbocycles. The van der Waals surface area contributed by atoms with Gasteiger partial charge in [-0.05, 0) is 36.8 Å². The predicted molar refractivity (Wildman–Crippen MR) is 112 cm³/mol. The van der Waals surface area contributed by atoms with Crippen molar-refractivity contribution in [3.05, 3.63) is 65.2 Å². The van der Waals surface area contributed by atoms with Crippen molar-refractivity contribution >= 4 is 39.9 Å². The van der Waals surface area contributed by atoms with E-state index in [-0.39, 0.29) is 6.03 Å². The Morgan fingerprint density at radius 2 is 1.81 bits per heavy atom. The first kappa shape index (κ1) is 19.2. The van der Waals surface area contributed by atoms with E-state index >= 15 is 0 Å². The van der Waals surface area contributed by atoms with E-state index in [4.69, 9.17) is 4.74 Å². The van der Waals surface area contributed by atoms with E-state index in [1.165, 1.54) is 16.9 Å². The quantitative estimate of drug-likeness (QED) is 0.556. The van der Waals surface area contributed by atoms with E-state index in [0.717, 1.165) is 22.3 Å². The van der Waals surface area contributed by atoms with Gasteiger partial charge in [0, 0.05) is 17.2 Å². The molecule has 140 valence electrons. The third-order valence-corrected chi connectivity index (χ3v) is 5.48. The molecule has 0 radical (unpaired) electrons. The van der Waals surface area contributed by atoms with Gasteiger partial charge in [-0.15, -0.1) is 22.0 Å². The summed E-state index contributed by atoms with van der Waals surface area (Å²) in [4.78, 5) is 12.1. The molecule has 1 aromatic heterocycles. The number of carbonyl (C=O) groups excluding carboxylic acids is 1. The van der Waals surface area contributed by atoms with Crippen LogP contribution in [-0.4, -0.2) is 22.8 Å². The second-order valence-corrected chi connectivity index (χ2v) is 7.56. The number of nitrogens with one attached hydrogen (secondary N) is 2. The van der Waals surface area contributed by atoms with Crippen LogP contribution >= 0.6 is 23.1 Å². The van der Waals surface area contributed by atoms with Crippen molar-refractivity contribution in [1.29, 1.82) is 0 Å². The fourth-order valence-electron chi connectivity index (χ4n) is 2.25. The van der Waals surface area contributed by atoms with Gasteiger partial charge in [-0.2, -0.15) is 0 Å². The number of rotatable bonds is 8. The Kier molecular flexibility index (Phi) is 7.06. The van der Waals surface area contributed by atoms with Crippen molar-refractivity contribution in [3.63, 3.8) is 0 Å². The largest absolute Gasteiger partial charge is 0.494 e. The zero-order valence-electron chi connectivity index (χ0n) is 14.8. The number of urea groups is 1. The molecule has 3 rings (SSSR count). The van der Waals surface area contributed by atoms with Gasteiger partial charge in [-0.1, -0.05) is 41.7 Å². The molecule has 0 saturated heterocycles. The lowest BCUT2D eigenvalue weighted by Gasteiger charge is -2.06. The van der Waals surface area contributed by atoms with Gasteiger partial charge in [0.15, 0.2) is 0 Å². The second-order valence-electron chi connectivity index (χ2n) is 5.52. The van der Waals surface area contributed by atoms with E-state index in [0.29, 0.717) is 17.4 Å². The van der Waals surface area contributed by atoms with Crippen LogP contribution < -0.4 is 15.4 Å². The fraction of sp³-hybridized carbons (Fsp3) is 0.211. The number of carbonyl (C=O) groups is 1. The summed E-state index contributed by atoms with van der Waals surface area (Å²) in [5.41, 5.74) is 1.96. The van der Waals surface area contributed by atoms with Crippen molar-refractivity contribution in [2.75, 3.05) is 17.2 Å². The Morgan fingerprint density at radius 1 is 1.04 bits per heavy atom. The van der Waals surface area contributed by atoms with Gasteiger partial charge in [0.2, 0.25) is 5.13 Å². The molecule has 3 aromatic rings. The molecule has 0 spiro atoms. The highest BCUT2D eigenvalue weighted by Gasteiger charge is 2.09. The van der Waals surface area contributed by atoms with Gasteiger partial charge in [0.1, 0.15) is 10.8 Å². The highest BCUT2D eigenvalue weighted by molar-refractivity contribution is 7.97. The minimum absolute atomic E-state index is 0.348. The maximum absolute atomic E-state index is 12.1. The monoisotopic (exact) mass is 400 g/mol. The Balaban J connectivity index is 1.44. The summed E-state index contributed by atoms with van der Waals surface area (Å²) in [5, 5.41) is 15.0. The molecule has 2 N–H and O–H groups in total. The molecule has 0 atom stereocenters. The molecule has 0 bridgehead atoms. The van der Waals surface area contributed by atoms with Crippen LogP contribution in [-0.2, 0) is 11.5 Å². The summed E-state index contributed by atoms with van der Waals surface area (Å²) >= 11 is 3.15. The lowest BCUT2D eigenvalue weighted by molar-refractivity contribution is 0.262. The van der Waals surface area contributed by atoms with Crippen molar-refractivity contribution in [1.82, 2.24) is 10.2 Å². The van der Waals surface area contributed by atoms with Crippen LogP contribution in [0.2, 0.25) is 0 Å². The first-order valence-corrected chi connectivity index (χ1v) is 10.4. The molecule has 0 saturated carbocycles. The summed E-state index contributed by atoms with van der Waals surface area (Å²) in [6, 6.07) is 17.1. The number of hydrogen-bond donors (Lipinski definition) is 2. The maximum Gasteiger partial charge on any atom is 0.325 e. The lowest BCUT2D eigenvalue weighted by Crippen LogP contribution is -2.19. The van der Waals surface area contributed by atoms with Crippen LogP contribution in [0.1, 0.15) is 17.5 Å². The highest BCUT2D eigenvalue weighted by Crippen LogP contribution is 2.23. The average molecular weight is 401 g/mol. The molecule has 8 heteroatoms. The van der Waals surface area contributed by atoms with Gasteiger partial charge in [0.05, 0.1) is 6.61 Å². The smallest absolute Gasteiger partial charge is 0.325 e. The summed E-state index contributed by atoms with van der Waals surface area (Å²) in [6.07, 6.45) is 0. The van der Waals surface area contributed by atoms with E-state index in [1.807, 2.05) is 37.3 Å². The zero-order valence-corrected chi connectivity index (χ0v) is 16.5. The normalized spacial score (nSPS) is 10.4. The van der Waals surface area contributed by atoms with Gasteiger partial charge in [-0.3, -0.25) is 5.32 Å². The van der Waals surface area contributed by atoms with E-state index in [9.17, 15) is 4.79 Å². The molecule has 0 aliphatic rings. The predicted octanol–water partition coefficient (Wildman–Crippen LogP) is 5.01. The lowest BCUT2D eigenvalue weighted by atomic mass is 10.2. The van der Waals surface area contributed by atoms with Crippen LogP contribution in [0.4, 0.5) is 15.6 Å². The molecule has 2 amide bonds. The van der Waals surface area contributed by atoms with Crippen molar-refractivity contribution < 1.29 is 9.53 Å². The highest BCUT2D eigenvalue weighted by atomic mass is 32.2. The number of hydrogen-bond acceptors (Lipinski definition) is 6. The van der Waals surface area contributed by atoms with Crippen LogP contribution in [0.5, 0.6) is 5.75 Å². The number of thioether (sulfide) groups is 1. The van der Waals surface area contributed by atoms with E-state index in [2.05, 4.69) is 33.0 Å². The molecule has 27 heavy (non-hydrogen) atoms. The maximum atomic E-state index is 12.1. The van der Waals surface area contributed by atoms with Crippen LogP contribution in [0.15, 0.2) is 54.6 Å². The molecular weight excluding hydrogens is 380 g/mol. The Morgan fingerprint density at radius 3 is 2.56 bits per heavy atom. The SMILES string of the molecule is CCOc1ccc(NC(=O)Nc2nnc(CSCc3ccccc3)s2)cc1. The third kappa shape index (κ3) is 6.26. The second kappa shape index (κ2) is 9.94. The van der Waals surface area contributed by atoms with Crippen molar-refractivity contribution in [2.24, 2.45) is 0 Å². The first-order chi connectivity index (χ1) is 13.2. The van der Waals surface area contributed by atoms with Crippen LogP contribution in [0.3, 0.4) is 0 Å². The summed E-state index contributed by atoms with van der Waals surface area (Å²) in [6.45, 7) is 2.53. The topological polar surface area (TPSA) is 76.1 Å². The third-order valence-electron chi connectivity index (χ3n) is 3.45. The van der Waals surface area contributed by atoms with E-state index in [1.54, 1.807) is 23.9 Å². The number of ether oxygens (including phenoxy) is 1. The van der Waals surface area contributed by atoms with Gasteiger partial charge in [-0.25, -0.2) is 4.79 Å². The Labute approximate surface area is 166 Å². The van der Waals surface area contributed by atoms with Crippen molar-refractivity contribution in [2.45, 2.75) is 18.4 Å². The molecule has 1 heterocycles. The van der Waals surface area contributed by atoms with Gasteiger partial charge >= 0.3 is 6.03 Å². The Hall–Kier alpha value is -2.58. The minimum atomic E-state index is -0.348. The Bertz CT molecular complexity index is 854. The number of benzene rings is 2. The van der Waals surface area contributed by atoms with Crippen molar-refractivity contribution in [3.8, 4) is 5.75 Å². The number of nitrogens with zero attached hydrogens (tertiary/aromatic N) is 2. The average Bonchev–Trinajstić information content (AvgIpc) is 3.11. The number of amides is 2.